The molecule has 0 aliphatic carbocycles. The predicted octanol–water partition coefficient (Wildman–Crippen LogP) is 3.69. The molecule has 4 aromatic rings. The Labute approximate surface area is 175 Å². The summed E-state index contributed by atoms with van der Waals surface area (Å²) in [7, 11) is 0. The van der Waals surface area contributed by atoms with Gasteiger partial charge in [-0.2, -0.15) is 5.10 Å². The van der Waals surface area contributed by atoms with Gasteiger partial charge in [-0.1, -0.05) is 60.7 Å². The van der Waals surface area contributed by atoms with Crippen LogP contribution in [0, 0.1) is 0 Å². The van der Waals surface area contributed by atoms with E-state index in [4.69, 9.17) is 4.74 Å². The lowest BCUT2D eigenvalue weighted by atomic mass is 10.0. The van der Waals surface area contributed by atoms with Gasteiger partial charge in [0.05, 0.1) is 0 Å². The van der Waals surface area contributed by atoms with Gasteiger partial charge in [0.1, 0.15) is 12.7 Å². The van der Waals surface area contributed by atoms with Gasteiger partial charge in [-0.3, -0.25) is 4.79 Å². The van der Waals surface area contributed by atoms with Gasteiger partial charge in [0.15, 0.2) is 5.82 Å². The molecule has 0 unspecified atom stereocenters. The number of nitrogens with zero attached hydrogens (tertiary/aromatic N) is 3. The number of amides is 1. The molecule has 2 aromatic carbocycles. The lowest BCUT2D eigenvalue weighted by Gasteiger charge is -2.19. The quantitative estimate of drug-likeness (QED) is 0.491. The molecule has 6 nitrogen and oxygen atoms in total. The minimum atomic E-state index is -0.300. The molecule has 2 aromatic heterocycles. The maximum atomic E-state index is 12.4. The van der Waals surface area contributed by atoms with Crippen molar-refractivity contribution in [2.75, 3.05) is 6.61 Å². The summed E-state index contributed by atoms with van der Waals surface area (Å²) in [6.45, 7) is 0.353. The summed E-state index contributed by atoms with van der Waals surface area (Å²) in [5.74, 6) is 0.528. The van der Waals surface area contributed by atoms with Crippen LogP contribution in [0.5, 0.6) is 0 Å². The first-order valence-electron chi connectivity index (χ1n) is 9.73. The summed E-state index contributed by atoms with van der Waals surface area (Å²) in [6.07, 6.45) is 4.93. The van der Waals surface area contributed by atoms with Crippen LogP contribution in [0.25, 0.3) is 5.82 Å². The molecule has 0 bridgehead atoms. The Morgan fingerprint density at radius 3 is 2.27 bits per heavy atom. The van der Waals surface area contributed by atoms with Crippen molar-refractivity contribution in [3.05, 3.63) is 114 Å². The molecule has 6 heteroatoms. The third-order valence-electron chi connectivity index (χ3n) is 4.62. The van der Waals surface area contributed by atoms with Crippen LogP contribution in [0.4, 0.5) is 0 Å². The molecule has 0 saturated carbocycles. The first-order chi connectivity index (χ1) is 14.8. The number of carbonyl (C=O) groups is 1. The van der Waals surface area contributed by atoms with Gasteiger partial charge in [0.2, 0.25) is 5.91 Å². The van der Waals surface area contributed by atoms with Crippen LogP contribution < -0.4 is 5.32 Å². The van der Waals surface area contributed by atoms with E-state index >= 15 is 0 Å². The van der Waals surface area contributed by atoms with Crippen LogP contribution in [0.1, 0.15) is 22.8 Å². The normalized spacial score (nSPS) is 10.8. The lowest BCUT2D eigenvalue weighted by molar-refractivity contribution is -0.127. The van der Waals surface area contributed by atoms with E-state index in [1.54, 1.807) is 17.1 Å². The van der Waals surface area contributed by atoms with Gasteiger partial charge >= 0.3 is 0 Å². The SMILES string of the molecule is O=C(COC(c1ccccc1)c1ccccc1)NCc1ccnc(-n2cccn2)c1. The number of aromatic nitrogens is 3. The third kappa shape index (κ3) is 4.98. The molecular formula is C24H22N4O2. The summed E-state index contributed by atoms with van der Waals surface area (Å²) < 4.78 is 7.69. The Morgan fingerprint density at radius 1 is 0.933 bits per heavy atom. The second-order valence-electron chi connectivity index (χ2n) is 6.76. The Kier molecular flexibility index (Phi) is 6.27. The molecule has 0 saturated heterocycles. The predicted molar refractivity (Wildman–Crippen MR) is 114 cm³/mol. The zero-order valence-electron chi connectivity index (χ0n) is 16.4. The molecule has 30 heavy (non-hydrogen) atoms. The van der Waals surface area contributed by atoms with Gasteiger partial charge in [-0.15, -0.1) is 0 Å². The molecule has 0 aliphatic heterocycles. The van der Waals surface area contributed by atoms with Crippen LogP contribution >= 0.6 is 0 Å². The first kappa shape index (κ1) is 19.5. The summed E-state index contributed by atoms with van der Waals surface area (Å²) in [4.78, 5) is 16.7. The van der Waals surface area contributed by atoms with Crippen molar-refractivity contribution in [2.45, 2.75) is 12.6 Å². The summed E-state index contributed by atoms with van der Waals surface area (Å²) in [5, 5.41) is 7.08. The zero-order chi connectivity index (χ0) is 20.6. The highest BCUT2D eigenvalue weighted by atomic mass is 16.5. The Morgan fingerprint density at radius 2 is 1.63 bits per heavy atom. The highest BCUT2D eigenvalue weighted by molar-refractivity contribution is 5.77. The van der Waals surface area contributed by atoms with Gasteiger partial charge in [-0.05, 0) is 34.9 Å². The van der Waals surface area contributed by atoms with Crippen molar-refractivity contribution < 1.29 is 9.53 Å². The molecule has 0 radical (unpaired) electrons. The highest BCUT2D eigenvalue weighted by Crippen LogP contribution is 2.25. The minimum Gasteiger partial charge on any atom is -0.359 e. The average Bonchev–Trinajstić information content (AvgIpc) is 3.35. The van der Waals surface area contributed by atoms with Crippen LogP contribution in [0.3, 0.4) is 0 Å². The van der Waals surface area contributed by atoms with Crippen molar-refractivity contribution in [3.63, 3.8) is 0 Å². The van der Waals surface area contributed by atoms with Crippen molar-refractivity contribution in [2.24, 2.45) is 0 Å². The maximum absolute atomic E-state index is 12.4. The van der Waals surface area contributed by atoms with Gasteiger partial charge in [0.25, 0.3) is 0 Å². The highest BCUT2D eigenvalue weighted by Gasteiger charge is 2.16. The number of hydrogen-bond donors (Lipinski definition) is 1. The van der Waals surface area contributed by atoms with Crippen LogP contribution in [-0.2, 0) is 16.1 Å². The van der Waals surface area contributed by atoms with Gasteiger partial charge in [0, 0.05) is 25.1 Å². The number of pyridine rings is 1. The maximum Gasteiger partial charge on any atom is 0.246 e. The molecule has 1 N–H and O–H groups in total. The van der Waals surface area contributed by atoms with Crippen LogP contribution in [0.15, 0.2) is 97.5 Å². The smallest absolute Gasteiger partial charge is 0.246 e. The Hall–Kier alpha value is -3.77. The van der Waals surface area contributed by atoms with E-state index in [2.05, 4.69) is 15.4 Å². The van der Waals surface area contributed by atoms with E-state index in [-0.39, 0.29) is 18.6 Å². The number of hydrogen-bond acceptors (Lipinski definition) is 4. The molecular weight excluding hydrogens is 376 g/mol. The monoisotopic (exact) mass is 398 g/mol. The van der Waals surface area contributed by atoms with E-state index in [1.165, 1.54) is 0 Å². The Bertz CT molecular complexity index is 1030. The summed E-state index contributed by atoms with van der Waals surface area (Å²) >= 11 is 0. The molecule has 0 aliphatic rings. The molecule has 150 valence electrons. The van der Waals surface area contributed by atoms with E-state index in [1.807, 2.05) is 85.1 Å². The fourth-order valence-electron chi connectivity index (χ4n) is 3.15. The zero-order valence-corrected chi connectivity index (χ0v) is 16.4. The molecule has 1 amide bonds. The number of carbonyl (C=O) groups excluding carboxylic acids is 1. The fraction of sp³-hybridized carbons (Fsp3) is 0.125. The topological polar surface area (TPSA) is 69.0 Å². The molecule has 0 fully saturated rings. The van der Waals surface area contributed by atoms with E-state index in [9.17, 15) is 4.79 Å². The standard InChI is InChI=1S/C24H22N4O2/c29-23(26-17-19-12-14-25-22(16-19)28-15-7-13-27-28)18-30-24(20-8-3-1-4-9-20)21-10-5-2-6-11-21/h1-16,24H,17-18H2,(H,26,29). The molecule has 0 atom stereocenters. The van der Waals surface area contributed by atoms with Crippen LogP contribution in [0.2, 0.25) is 0 Å². The average molecular weight is 398 g/mol. The lowest BCUT2D eigenvalue weighted by Crippen LogP contribution is -2.28. The Balaban J connectivity index is 1.37. The van der Waals surface area contributed by atoms with E-state index in [0.29, 0.717) is 12.4 Å². The minimum absolute atomic E-state index is 0.0362. The van der Waals surface area contributed by atoms with Crippen molar-refractivity contribution >= 4 is 5.91 Å². The second-order valence-corrected chi connectivity index (χ2v) is 6.76. The number of benzene rings is 2. The molecule has 2 heterocycles. The number of nitrogens with one attached hydrogen (secondary N) is 1. The summed E-state index contributed by atoms with van der Waals surface area (Å²) in [5.41, 5.74) is 2.95. The largest absolute Gasteiger partial charge is 0.359 e. The molecule has 4 rings (SSSR count). The number of ether oxygens (including phenoxy) is 1. The van der Waals surface area contributed by atoms with E-state index < -0.39 is 0 Å². The van der Waals surface area contributed by atoms with Gasteiger partial charge in [-0.25, -0.2) is 9.67 Å². The van der Waals surface area contributed by atoms with Gasteiger partial charge < -0.3 is 10.1 Å². The molecule has 0 spiro atoms. The van der Waals surface area contributed by atoms with Crippen molar-refractivity contribution in [1.29, 1.82) is 0 Å². The first-order valence-corrected chi connectivity index (χ1v) is 9.73. The van der Waals surface area contributed by atoms with Crippen molar-refractivity contribution in [3.8, 4) is 5.82 Å². The number of rotatable bonds is 8. The fourth-order valence-corrected chi connectivity index (χ4v) is 3.15. The van der Waals surface area contributed by atoms with E-state index in [0.717, 1.165) is 16.7 Å². The third-order valence-corrected chi connectivity index (χ3v) is 4.62. The van der Waals surface area contributed by atoms with Crippen molar-refractivity contribution in [1.82, 2.24) is 20.1 Å². The van der Waals surface area contributed by atoms with Crippen LogP contribution in [-0.4, -0.2) is 27.3 Å². The second kappa shape index (κ2) is 9.62. The summed E-state index contributed by atoms with van der Waals surface area (Å²) in [6, 6.07) is 25.4.